The second kappa shape index (κ2) is 7.01. The third-order valence-corrected chi connectivity index (χ3v) is 5.02. The molecule has 0 fully saturated rings. The first-order valence-electron chi connectivity index (χ1n) is 6.03. The fraction of sp³-hybridized carbons (Fsp3) is 0.133. The van der Waals surface area contributed by atoms with Gasteiger partial charge in [0.2, 0.25) is 0 Å². The van der Waals surface area contributed by atoms with Gasteiger partial charge in [0.25, 0.3) is 5.91 Å². The number of rotatable bonds is 3. The standard InChI is InChI=1S/C15H11BrCl3NO/c1-20(8-10-3-2-4-13(18)14(10)19)15(21)9-5-6-12(17)11(16)7-9/h2-7H,8H2,1H3. The first-order valence-corrected chi connectivity index (χ1v) is 7.96. The molecule has 1 amide bonds. The lowest BCUT2D eigenvalue weighted by atomic mass is 10.1. The maximum Gasteiger partial charge on any atom is 0.253 e. The Kier molecular flexibility index (Phi) is 5.55. The average molecular weight is 408 g/mol. The van der Waals surface area contributed by atoms with Crippen LogP contribution in [0.4, 0.5) is 0 Å². The van der Waals surface area contributed by atoms with Crippen LogP contribution in [0, 0.1) is 0 Å². The van der Waals surface area contributed by atoms with Gasteiger partial charge in [-0.1, -0.05) is 46.9 Å². The quantitative estimate of drug-likeness (QED) is 0.641. The molecular weight excluding hydrogens is 396 g/mol. The molecule has 0 saturated carbocycles. The van der Waals surface area contributed by atoms with E-state index >= 15 is 0 Å². The van der Waals surface area contributed by atoms with Crippen molar-refractivity contribution in [1.82, 2.24) is 4.90 Å². The molecule has 0 atom stereocenters. The van der Waals surface area contributed by atoms with Crippen molar-refractivity contribution in [1.29, 1.82) is 0 Å². The van der Waals surface area contributed by atoms with Crippen molar-refractivity contribution in [3.8, 4) is 0 Å². The molecule has 0 aromatic heterocycles. The molecule has 6 heteroatoms. The summed E-state index contributed by atoms with van der Waals surface area (Å²) in [5.74, 6) is -0.122. The zero-order valence-electron chi connectivity index (χ0n) is 11.0. The van der Waals surface area contributed by atoms with E-state index in [2.05, 4.69) is 15.9 Å². The normalized spacial score (nSPS) is 10.5. The summed E-state index contributed by atoms with van der Waals surface area (Å²) >= 11 is 21.4. The molecule has 0 aliphatic heterocycles. The molecule has 0 radical (unpaired) electrons. The van der Waals surface area contributed by atoms with Gasteiger partial charge in [0.05, 0.1) is 15.1 Å². The summed E-state index contributed by atoms with van der Waals surface area (Å²) in [6.07, 6.45) is 0. The summed E-state index contributed by atoms with van der Waals surface area (Å²) < 4.78 is 0.684. The van der Waals surface area contributed by atoms with E-state index in [4.69, 9.17) is 34.8 Å². The van der Waals surface area contributed by atoms with Gasteiger partial charge in [-0.15, -0.1) is 0 Å². The fourth-order valence-electron chi connectivity index (χ4n) is 1.85. The summed E-state index contributed by atoms with van der Waals surface area (Å²) in [4.78, 5) is 14.0. The summed E-state index contributed by atoms with van der Waals surface area (Å²) in [6, 6.07) is 10.4. The zero-order chi connectivity index (χ0) is 15.6. The molecular formula is C15H11BrCl3NO. The number of halogens is 4. The Balaban J connectivity index is 2.19. The highest BCUT2D eigenvalue weighted by molar-refractivity contribution is 9.10. The van der Waals surface area contributed by atoms with Gasteiger partial charge in [-0.2, -0.15) is 0 Å². The van der Waals surface area contributed by atoms with E-state index in [1.165, 1.54) is 0 Å². The van der Waals surface area contributed by atoms with Crippen LogP contribution in [0.1, 0.15) is 15.9 Å². The molecule has 21 heavy (non-hydrogen) atoms. The van der Waals surface area contributed by atoms with Gasteiger partial charge >= 0.3 is 0 Å². The number of carbonyl (C=O) groups is 1. The van der Waals surface area contributed by atoms with E-state index in [0.717, 1.165) is 5.56 Å². The van der Waals surface area contributed by atoms with Crippen LogP contribution in [0.25, 0.3) is 0 Å². The maximum atomic E-state index is 12.4. The molecule has 110 valence electrons. The van der Waals surface area contributed by atoms with E-state index in [1.807, 2.05) is 6.07 Å². The number of amides is 1. The minimum Gasteiger partial charge on any atom is -0.337 e. The van der Waals surface area contributed by atoms with Crippen molar-refractivity contribution < 1.29 is 4.79 Å². The Morgan fingerprint density at radius 1 is 1.14 bits per heavy atom. The summed E-state index contributed by atoms with van der Waals surface area (Å²) in [5.41, 5.74) is 1.35. The Morgan fingerprint density at radius 2 is 1.86 bits per heavy atom. The number of benzene rings is 2. The molecule has 0 aliphatic rings. The fourth-order valence-corrected chi connectivity index (χ4v) is 2.72. The van der Waals surface area contributed by atoms with E-state index in [0.29, 0.717) is 31.6 Å². The van der Waals surface area contributed by atoms with Crippen molar-refractivity contribution >= 4 is 56.6 Å². The van der Waals surface area contributed by atoms with Crippen molar-refractivity contribution in [2.75, 3.05) is 7.05 Å². The van der Waals surface area contributed by atoms with Crippen molar-refractivity contribution in [2.45, 2.75) is 6.54 Å². The Hall–Kier alpha value is -0.740. The van der Waals surface area contributed by atoms with Crippen molar-refractivity contribution in [3.63, 3.8) is 0 Å². The lowest BCUT2D eigenvalue weighted by molar-refractivity contribution is 0.0785. The van der Waals surface area contributed by atoms with E-state index in [9.17, 15) is 4.79 Å². The third kappa shape index (κ3) is 3.92. The number of hydrogen-bond acceptors (Lipinski definition) is 1. The lowest BCUT2D eigenvalue weighted by Crippen LogP contribution is -2.26. The number of carbonyl (C=O) groups excluding carboxylic acids is 1. The van der Waals surface area contributed by atoms with Crippen LogP contribution in [-0.2, 0) is 6.54 Å². The van der Waals surface area contributed by atoms with Crippen LogP contribution in [0.15, 0.2) is 40.9 Å². The molecule has 0 N–H and O–H groups in total. The molecule has 2 nitrogen and oxygen atoms in total. The number of hydrogen-bond donors (Lipinski definition) is 0. The molecule has 2 rings (SSSR count). The first kappa shape index (κ1) is 16.6. The van der Waals surface area contributed by atoms with E-state index in [1.54, 1.807) is 42.3 Å². The molecule has 0 bridgehead atoms. The minimum atomic E-state index is -0.122. The highest BCUT2D eigenvalue weighted by Gasteiger charge is 2.15. The van der Waals surface area contributed by atoms with Gasteiger partial charge in [0.15, 0.2) is 0 Å². The molecule has 0 heterocycles. The van der Waals surface area contributed by atoms with Crippen LogP contribution < -0.4 is 0 Å². The molecule has 2 aromatic rings. The van der Waals surface area contributed by atoms with Crippen LogP contribution in [0.5, 0.6) is 0 Å². The van der Waals surface area contributed by atoms with Gasteiger partial charge in [-0.25, -0.2) is 0 Å². The second-order valence-electron chi connectivity index (χ2n) is 4.50. The monoisotopic (exact) mass is 405 g/mol. The van der Waals surface area contributed by atoms with Gasteiger partial charge in [-0.3, -0.25) is 4.79 Å². The van der Waals surface area contributed by atoms with Crippen LogP contribution in [-0.4, -0.2) is 17.9 Å². The average Bonchev–Trinajstić information content (AvgIpc) is 2.46. The zero-order valence-corrected chi connectivity index (χ0v) is 14.9. The Labute approximate surface area is 146 Å². The van der Waals surface area contributed by atoms with Crippen LogP contribution >= 0.6 is 50.7 Å². The molecule has 0 aliphatic carbocycles. The van der Waals surface area contributed by atoms with Crippen molar-refractivity contribution in [3.05, 3.63) is 67.1 Å². The second-order valence-corrected chi connectivity index (χ2v) is 6.55. The SMILES string of the molecule is CN(Cc1cccc(Cl)c1Cl)C(=O)c1ccc(Cl)c(Br)c1. The summed E-state index contributed by atoms with van der Waals surface area (Å²) in [7, 11) is 1.71. The van der Waals surface area contributed by atoms with Gasteiger partial charge in [-0.05, 0) is 45.8 Å². The summed E-state index contributed by atoms with van der Waals surface area (Å²) in [5, 5.41) is 1.51. The van der Waals surface area contributed by atoms with Crippen molar-refractivity contribution in [2.24, 2.45) is 0 Å². The highest BCUT2D eigenvalue weighted by atomic mass is 79.9. The lowest BCUT2D eigenvalue weighted by Gasteiger charge is -2.18. The predicted octanol–water partition coefficient (Wildman–Crippen LogP) is 5.68. The topological polar surface area (TPSA) is 20.3 Å². The predicted molar refractivity (Wildman–Crippen MR) is 91.4 cm³/mol. The first-order chi connectivity index (χ1) is 9.90. The largest absolute Gasteiger partial charge is 0.337 e. The van der Waals surface area contributed by atoms with Gasteiger partial charge < -0.3 is 4.90 Å². The molecule has 0 saturated heterocycles. The number of nitrogens with zero attached hydrogens (tertiary/aromatic N) is 1. The molecule has 0 spiro atoms. The van der Waals surface area contributed by atoms with Crippen LogP contribution in [0.3, 0.4) is 0 Å². The van der Waals surface area contributed by atoms with E-state index < -0.39 is 0 Å². The third-order valence-electron chi connectivity index (χ3n) is 2.95. The smallest absolute Gasteiger partial charge is 0.253 e. The molecule has 0 unspecified atom stereocenters. The Morgan fingerprint density at radius 3 is 2.52 bits per heavy atom. The highest BCUT2D eigenvalue weighted by Crippen LogP contribution is 2.27. The van der Waals surface area contributed by atoms with E-state index in [-0.39, 0.29) is 5.91 Å². The van der Waals surface area contributed by atoms with Crippen LogP contribution in [0.2, 0.25) is 15.1 Å². The van der Waals surface area contributed by atoms with Gasteiger partial charge in [0, 0.05) is 23.6 Å². The van der Waals surface area contributed by atoms with Gasteiger partial charge in [0.1, 0.15) is 0 Å². The maximum absolute atomic E-state index is 12.4. The molecule has 2 aromatic carbocycles. The Bertz CT molecular complexity index is 691. The minimum absolute atomic E-state index is 0.122. The summed E-state index contributed by atoms with van der Waals surface area (Å²) in [6.45, 7) is 0.373.